The van der Waals surface area contributed by atoms with Gasteiger partial charge in [-0.2, -0.15) is 0 Å². The van der Waals surface area contributed by atoms with Crippen molar-refractivity contribution < 1.29 is 23.7 Å². The predicted octanol–water partition coefficient (Wildman–Crippen LogP) is 2.41. The zero-order chi connectivity index (χ0) is 18.0. The Bertz CT molecular complexity index is 561. The van der Waals surface area contributed by atoms with Gasteiger partial charge in [-0.25, -0.2) is 0 Å². The van der Waals surface area contributed by atoms with Crippen molar-refractivity contribution in [1.82, 2.24) is 0 Å². The van der Waals surface area contributed by atoms with Gasteiger partial charge >= 0.3 is 0 Å². The lowest BCUT2D eigenvalue weighted by molar-refractivity contribution is -0.219. The lowest BCUT2D eigenvalue weighted by Crippen LogP contribution is -2.39. The first-order valence-corrected chi connectivity index (χ1v) is 8.87. The number of fused-ring (bicyclic) bond motifs is 1. The minimum absolute atomic E-state index is 0.143. The average molecular weight is 351 g/mol. The largest absolute Gasteiger partial charge is 0.497 e. The SMILES string of the molecule is COc1ccc([C@@H](CCCN)[C@H]2O[C@@H]3OC(C)(C)O[C@@H]3[C@H]2OC)cc1. The second-order valence-corrected chi connectivity index (χ2v) is 7.08. The second-order valence-electron chi connectivity index (χ2n) is 7.08. The Morgan fingerprint density at radius 3 is 2.48 bits per heavy atom. The van der Waals surface area contributed by atoms with Crippen LogP contribution >= 0.6 is 0 Å². The molecule has 0 amide bonds. The number of ether oxygens (including phenoxy) is 5. The van der Waals surface area contributed by atoms with Crippen molar-refractivity contribution in [3.05, 3.63) is 29.8 Å². The van der Waals surface area contributed by atoms with Crippen molar-refractivity contribution in [2.24, 2.45) is 5.73 Å². The van der Waals surface area contributed by atoms with Crippen molar-refractivity contribution in [2.45, 2.75) is 63.0 Å². The monoisotopic (exact) mass is 351 g/mol. The molecule has 3 rings (SSSR count). The first kappa shape index (κ1) is 18.6. The summed E-state index contributed by atoms with van der Waals surface area (Å²) in [5.74, 6) is 0.340. The van der Waals surface area contributed by atoms with Crippen molar-refractivity contribution in [1.29, 1.82) is 0 Å². The van der Waals surface area contributed by atoms with Gasteiger partial charge in [0.2, 0.25) is 0 Å². The van der Waals surface area contributed by atoms with Gasteiger partial charge in [-0.05, 0) is 50.9 Å². The van der Waals surface area contributed by atoms with E-state index in [0.717, 1.165) is 18.6 Å². The van der Waals surface area contributed by atoms with Crippen LogP contribution in [0.3, 0.4) is 0 Å². The smallest absolute Gasteiger partial charge is 0.190 e. The van der Waals surface area contributed by atoms with Gasteiger partial charge in [0.05, 0.1) is 13.2 Å². The zero-order valence-electron chi connectivity index (χ0n) is 15.4. The molecule has 5 atom stereocenters. The maximum absolute atomic E-state index is 6.25. The standard InChI is InChI=1S/C19H29NO5/c1-19(2)24-17-16(22-4)15(23-18(17)25-19)14(6-5-11-20)12-7-9-13(21-3)10-8-12/h7-10,14-18H,5-6,11,20H2,1-4H3/t14-,15-,16+,17-,18-/m1/s1. The Kier molecular flexibility index (Phi) is 5.65. The van der Waals surface area contributed by atoms with E-state index >= 15 is 0 Å². The molecule has 2 aliphatic rings. The van der Waals surface area contributed by atoms with Crippen molar-refractivity contribution in [3.63, 3.8) is 0 Å². The Morgan fingerprint density at radius 1 is 1.16 bits per heavy atom. The molecule has 140 valence electrons. The first-order valence-electron chi connectivity index (χ1n) is 8.87. The molecule has 2 saturated heterocycles. The van der Waals surface area contributed by atoms with Gasteiger partial charge in [-0.1, -0.05) is 12.1 Å². The van der Waals surface area contributed by atoms with E-state index in [0.29, 0.717) is 6.54 Å². The highest BCUT2D eigenvalue weighted by molar-refractivity contribution is 5.30. The summed E-state index contributed by atoms with van der Waals surface area (Å²) in [6.45, 7) is 4.43. The number of hydrogen-bond donors (Lipinski definition) is 1. The molecule has 0 bridgehead atoms. The topological polar surface area (TPSA) is 72.2 Å². The van der Waals surface area contributed by atoms with E-state index in [1.54, 1.807) is 14.2 Å². The summed E-state index contributed by atoms with van der Waals surface area (Å²) < 4.78 is 29.2. The highest BCUT2D eigenvalue weighted by Crippen LogP contribution is 2.44. The van der Waals surface area contributed by atoms with Crippen LogP contribution in [0.1, 0.15) is 38.2 Å². The molecule has 2 aliphatic heterocycles. The normalized spacial score (nSPS) is 31.7. The van der Waals surface area contributed by atoms with Crippen LogP contribution in [0, 0.1) is 0 Å². The Balaban J connectivity index is 1.83. The molecule has 2 N–H and O–H groups in total. The number of methoxy groups -OCH3 is 2. The third-order valence-corrected chi connectivity index (χ3v) is 4.96. The summed E-state index contributed by atoms with van der Waals surface area (Å²) in [6, 6.07) is 8.10. The van der Waals surface area contributed by atoms with Crippen LogP contribution in [-0.2, 0) is 18.9 Å². The molecular formula is C19H29NO5. The van der Waals surface area contributed by atoms with E-state index in [2.05, 4.69) is 12.1 Å². The van der Waals surface area contributed by atoms with Crippen molar-refractivity contribution in [3.8, 4) is 5.75 Å². The van der Waals surface area contributed by atoms with Crippen LogP contribution in [0.2, 0.25) is 0 Å². The van der Waals surface area contributed by atoms with Gasteiger partial charge in [0.15, 0.2) is 12.1 Å². The lowest BCUT2D eigenvalue weighted by Gasteiger charge is -2.30. The minimum Gasteiger partial charge on any atom is -0.497 e. The maximum atomic E-state index is 6.25. The molecule has 0 unspecified atom stereocenters. The average Bonchev–Trinajstić information content (AvgIpc) is 3.07. The Hall–Kier alpha value is -1.18. The highest BCUT2D eigenvalue weighted by Gasteiger charge is 2.56. The molecule has 0 radical (unpaired) electrons. The fourth-order valence-electron chi connectivity index (χ4n) is 3.81. The molecular weight excluding hydrogens is 322 g/mol. The number of hydrogen-bond acceptors (Lipinski definition) is 6. The highest BCUT2D eigenvalue weighted by atomic mass is 16.8. The Morgan fingerprint density at radius 2 is 1.88 bits per heavy atom. The lowest BCUT2D eigenvalue weighted by atomic mass is 9.86. The molecule has 6 heteroatoms. The maximum Gasteiger partial charge on any atom is 0.190 e. The molecule has 25 heavy (non-hydrogen) atoms. The van der Waals surface area contributed by atoms with E-state index in [1.807, 2.05) is 26.0 Å². The van der Waals surface area contributed by atoms with Gasteiger partial charge in [0, 0.05) is 13.0 Å². The van der Waals surface area contributed by atoms with Gasteiger partial charge in [0.25, 0.3) is 0 Å². The van der Waals surface area contributed by atoms with Crippen LogP contribution in [-0.4, -0.2) is 51.2 Å². The summed E-state index contributed by atoms with van der Waals surface area (Å²) in [5.41, 5.74) is 6.93. The van der Waals surface area contributed by atoms with Crippen LogP contribution < -0.4 is 10.5 Å². The predicted molar refractivity (Wildman–Crippen MR) is 93.5 cm³/mol. The van der Waals surface area contributed by atoms with Crippen molar-refractivity contribution >= 4 is 0 Å². The summed E-state index contributed by atoms with van der Waals surface area (Å²) in [4.78, 5) is 0. The Labute approximate surface area is 149 Å². The van der Waals surface area contributed by atoms with E-state index in [1.165, 1.54) is 5.56 Å². The molecule has 0 aromatic heterocycles. The van der Waals surface area contributed by atoms with E-state index < -0.39 is 12.1 Å². The molecule has 6 nitrogen and oxygen atoms in total. The van der Waals surface area contributed by atoms with Gasteiger partial charge in [-0.15, -0.1) is 0 Å². The molecule has 0 spiro atoms. The minimum atomic E-state index is -0.649. The third-order valence-electron chi connectivity index (χ3n) is 4.96. The van der Waals surface area contributed by atoms with Gasteiger partial charge in [0.1, 0.15) is 18.0 Å². The molecule has 1 aromatic carbocycles. The van der Waals surface area contributed by atoms with E-state index in [4.69, 9.17) is 29.4 Å². The van der Waals surface area contributed by atoms with Crippen molar-refractivity contribution in [2.75, 3.05) is 20.8 Å². The summed E-state index contributed by atoms with van der Waals surface area (Å²) in [7, 11) is 3.37. The van der Waals surface area contributed by atoms with Crippen LogP contribution in [0.15, 0.2) is 24.3 Å². The molecule has 1 aromatic rings. The summed E-state index contributed by atoms with van der Waals surface area (Å²) in [5, 5.41) is 0. The van der Waals surface area contributed by atoms with E-state index in [-0.39, 0.29) is 24.2 Å². The number of rotatable bonds is 7. The van der Waals surface area contributed by atoms with Crippen LogP contribution in [0.5, 0.6) is 5.75 Å². The summed E-state index contributed by atoms with van der Waals surface area (Å²) in [6.07, 6.45) is 0.881. The van der Waals surface area contributed by atoms with Crippen LogP contribution in [0.4, 0.5) is 0 Å². The molecule has 0 saturated carbocycles. The quantitative estimate of drug-likeness (QED) is 0.813. The van der Waals surface area contributed by atoms with E-state index in [9.17, 15) is 0 Å². The molecule has 2 fully saturated rings. The third kappa shape index (κ3) is 3.83. The van der Waals surface area contributed by atoms with Gasteiger partial charge in [-0.3, -0.25) is 0 Å². The molecule has 0 aliphatic carbocycles. The fraction of sp³-hybridized carbons (Fsp3) is 0.684. The van der Waals surface area contributed by atoms with Crippen LogP contribution in [0.25, 0.3) is 0 Å². The zero-order valence-corrected chi connectivity index (χ0v) is 15.4. The fourth-order valence-corrected chi connectivity index (χ4v) is 3.81. The summed E-state index contributed by atoms with van der Waals surface area (Å²) >= 11 is 0. The number of nitrogens with two attached hydrogens (primary N) is 1. The van der Waals surface area contributed by atoms with Gasteiger partial charge < -0.3 is 29.4 Å². The molecule has 2 heterocycles. The second kappa shape index (κ2) is 7.60. The first-order chi connectivity index (χ1) is 12.0. The number of benzene rings is 1.